The Balaban J connectivity index is 2.60. The second-order valence-electron chi connectivity index (χ2n) is 5.55. The van der Waals surface area contributed by atoms with E-state index in [2.05, 4.69) is 13.8 Å². The zero-order valence-electron chi connectivity index (χ0n) is 10.2. The lowest BCUT2D eigenvalue weighted by Crippen LogP contribution is -2.47. The second kappa shape index (κ2) is 3.38. The van der Waals surface area contributed by atoms with Crippen molar-refractivity contribution in [2.24, 2.45) is 5.73 Å². The molecule has 1 aliphatic rings. The van der Waals surface area contributed by atoms with Gasteiger partial charge in [-0.15, -0.1) is 0 Å². The SMILES string of the molecule is Cc1cc2c(cc1Cl)C(C)(N)CC(C)(C)O2. The van der Waals surface area contributed by atoms with Gasteiger partial charge in [0, 0.05) is 22.5 Å². The van der Waals surface area contributed by atoms with E-state index < -0.39 is 0 Å². The molecule has 88 valence electrons. The van der Waals surface area contributed by atoms with Crippen molar-refractivity contribution >= 4 is 11.6 Å². The maximum Gasteiger partial charge on any atom is 0.125 e. The molecule has 2 nitrogen and oxygen atoms in total. The van der Waals surface area contributed by atoms with Crippen molar-refractivity contribution in [1.82, 2.24) is 0 Å². The molecule has 1 unspecified atom stereocenters. The lowest BCUT2D eigenvalue weighted by molar-refractivity contribution is 0.0502. The van der Waals surface area contributed by atoms with Crippen LogP contribution in [0.25, 0.3) is 0 Å². The summed E-state index contributed by atoms with van der Waals surface area (Å²) in [6, 6.07) is 3.91. The lowest BCUT2D eigenvalue weighted by atomic mass is 9.79. The van der Waals surface area contributed by atoms with Crippen molar-refractivity contribution in [2.75, 3.05) is 0 Å². The third kappa shape index (κ3) is 1.92. The largest absolute Gasteiger partial charge is 0.487 e. The summed E-state index contributed by atoms with van der Waals surface area (Å²) in [4.78, 5) is 0. The van der Waals surface area contributed by atoms with E-state index in [4.69, 9.17) is 22.1 Å². The first kappa shape index (κ1) is 11.7. The third-order valence-corrected chi connectivity index (χ3v) is 3.46. The van der Waals surface area contributed by atoms with Crippen LogP contribution in [0.1, 0.15) is 38.3 Å². The number of fused-ring (bicyclic) bond motifs is 1. The number of hydrogen-bond acceptors (Lipinski definition) is 2. The van der Waals surface area contributed by atoms with Crippen molar-refractivity contribution in [3.63, 3.8) is 0 Å². The molecule has 0 bridgehead atoms. The van der Waals surface area contributed by atoms with Crippen molar-refractivity contribution in [3.8, 4) is 5.75 Å². The summed E-state index contributed by atoms with van der Waals surface area (Å²) in [5.74, 6) is 0.864. The molecule has 3 heteroatoms. The minimum atomic E-state index is -0.381. The van der Waals surface area contributed by atoms with Crippen molar-refractivity contribution in [3.05, 3.63) is 28.3 Å². The maximum absolute atomic E-state index is 6.35. The second-order valence-corrected chi connectivity index (χ2v) is 5.96. The van der Waals surface area contributed by atoms with Crippen LogP contribution in [0.4, 0.5) is 0 Å². The monoisotopic (exact) mass is 239 g/mol. The van der Waals surface area contributed by atoms with Gasteiger partial charge in [-0.05, 0) is 45.4 Å². The van der Waals surface area contributed by atoms with E-state index >= 15 is 0 Å². The first-order valence-electron chi connectivity index (χ1n) is 5.50. The molecular formula is C13H18ClNO. The summed E-state index contributed by atoms with van der Waals surface area (Å²) in [5, 5.41) is 0.749. The van der Waals surface area contributed by atoms with Gasteiger partial charge in [-0.3, -0.25) is 0 Å². The fourth-order valence-corrected chi connectivity index (χ4v) is 2.66. The Labute approximate surface area is 102 Å². The molecule has 2 N–H and O–H groups in total. The molecule has 0 aromatic heterocycles. The molecule has 0 radical (unpaired) electrons. The lowest BCUT2D eigenvalue weighted by Gasteiger charge is -2.42. The topological polar surface area (TPSA) is 35.2 Å². The Kier molecular flexibility index (Phi) is 2.48. The minimum Gasteiger partial charge on any atom is -0.487 e. The summed E-state index contributed by atoms with van der Waals surface area (Å²) < 4.78 is 5.95. The highest BCUT2D eigenvalue weighted by molar-refractivity contribution is 6.31. The van der Waals surface area contributed by atoms with E-state index in [-0.39, 0.29) is 11.1 Å². The zero-order valence-corrected chi connectivity index (χ0v) is 11.0. The van der Waals surface area contributed by atoms with Crippen LogP contribution in [-0.2, 0) is 5.54 Å². The average molecular weight is 240 g/mol. The smallest absolute Gasteiger partial charge is 0.125 e. The molecule has 0 aliphatic carbocycles. The minimum absolute atomic E-state index is 0.225. The van der Waals surface area contributed by atoms with Gasteiger partial charge in [0.25, 0.3) is 0 Å². The predicted octanol–water partition coefficient (Wildman–Crippen LogP) is 3.38. The van der Waals surface area contributed by atoms with Crippen LogP contribution < -0.4 is 10.5 Å². The van der Waals surface area contributed by atoms with Crippen LogP contribution >= 0.6 is 11.6 Å². The number of aryl methyl sites for hydroxylation is 1. The molecule has 0 fully saturated rings. The molecule has 1 atom stereocenters. The van der Waals surface area contributed by atoms with Gasteiger partial charge in [0.1, 0.15) is 11.4 Å². The Morgan fingerprint density at radius 2 is 1.94 bits per heavy atom. The van der Waals surface area contributed by atoms with Crippen LogP contribution in [0.3, 0.4) is 0 Å². The molecule has 1 heterocycles. The molecule has 1 aromatic rings. The molecule has 0 spiro atoms. The van der Waals surface area contributed by atoms with E-state index in [0.29, 0.717) is 0 Å². The number of rotatable bonds is 0. The Hall–Kier alpha value is -0.730. The number of benzene rings is 1. The highest BCUT2D eigenvalue weighted by atomic mass is 35.5. The molecule has 1 aliphatic heterocycles. The number of ether oxygens (including phenoxy) is 1. The van der Waals surface area contributed by atoms with Gasteiger partial charge in [0.15, 0.2) is 0 Å². The summed E-state index contributed by atoms with van der Waals surface area (Å²) in [5.41, 5.74) is 7.76. The fraction of sp³-hybridized carbons (Fsp3) is 0.538. The van der Waals surface area contributed by atoms with Crippen LogP contribution in [0.15, 0.2) is 12.1 Å². The summed E-state index contributed by atoms with van der Waals surface area (Å²) >= 11 is 6.13. The van der Waals surface area contributed by atoms with Gasteiger partial charge in [-0.25, -0.2) is 0 Å². The standard InChI is InChI=1S/C13H18ClNO/c1-8-5-11-9(6-10(8)14)13(4,15)7-12(2,3)16-11/h5-6H,7,15H2,1-4H3. The van der Waals surface area contributed by atoms with E-state index in [9.17, 15) is 0 Å². The molecule has 0 saturated heterocycles. The van der Waals surface area contributed by atoms with E-state index in [1.54, 1.807) is 0 Å². The van der Waals surface area contributed by atoms with Crippen molar-refractivity contribution in [2.45, 2.75) is 45.3 Å². The van der Waals surface area contributed by atoms with E-state index in [0.717, 1.165) is 28.3 Å². The molecule has 0 saturated carbocycles. The molecule has 2 rings (SSSR count). The first-order chi connectivity index (χ1) is 7.21. The molecule has 0 amide bonds. The first-order valence-corrected chi connectivity index (χ1v) is 5.88. The van der Waals surface area contributed by atoms with Crippen LogP contribution in [-0.4, -0.2) is 5.60 Å². The predicted molar refractivity (Wildman–Crippen MR) is 67.1 cm³/mol. The highest BCUT2D eigenvalue weighted by Crippen LogP contribution is 2.43. The Bertz CT molecular complexity index is 438. The molecule has 1 aromatic carbocycles. The van der Waals surface area contributed by atoms with E-state index in [1.807, 2.05) is 26.0 Å². The van der Waals surface area contributed by atoms with Gasteiger partial charge < -0.3 is 10.5 Å². The Morgan fingerprint density at radius 1 is 1.31 bits per heavy atom. The summed E-state index contributed by atoms with van der Waals surface area (Å²) in [7, 11) is 0. The van der Waals surface area contributed by atoms with E-state index in [1.165, 1.54) is 0 Å². The van der Waals surface area contributed by atoms with Gasteiger partial charge in [-0.2, -0.15) is 0 Å². The number of halogens is 1. The fourth-order valence-electron chi connectivity index (χ4n) is 2.50. The maximum atomic E-state index is 6.35. The number of hydrogen-bond donors (Lipinski definition) is 1. The normalized spacial score (nSPS) is 27.1. The van der Waals surface area contributed by atoms with Crippen LogP contribution in [0.5, 0.6) is 5.75 Å². The Morgan fingerprint density at radius 3 is 2.56 bits per heavy atom. The average Bonchev–Trinajstić information content (AvgIpc) is 2.06. The number of nitrogens with two attached hydrogens (primary N) is 1. The summed E-state index contributed by atoms with van der Waals surface area (Å²) in [6.07, 6.45) is 0.784. The quantitative estimate of drug-likeness (QED) is 0.753. The molecular weight excluding hydrogens is 222 g/mol. The van der Waals surface area contributed by atoms with Gasteiger partial charge >= 0.3 is 0 Å². The van der Waals surface area contributed by atoms with Crippen LogP contribution in [0.2, 0.25) is 5.02 Å². The highest BCUT2D eigenvalue weighted by Gasteiger charge is 2.39. The van der Waals surface area contributed by atoms with Crippen molar-refractivity contribution < 1.29 is 4.74 Å². The van der Waals surface area contributed by atoms with Crippen molar-refractivity contribution in [1.29, 1.82) is 0 Å². The van der Waals surface area contributed by atoms with Gasteiger partial charge in [-0.1, -0.05) is 11.6 Å². The van der Waals surface area contributed by atoms with Gasteiger partial charge in [0.05, 0.1) is 0 Å². The zero-order chi connectivity index (χ0) is 12.1. The molecule has 16 heavy (non-hydrogen) atoms. The summed E-state index contributed by atoms with van der Waals surface area (Å²) in [6.45, 7) is 8.12. The third-order valence-electron chi connectivity index (χ3n) is 3.06. The van der Waals surface area contributed by atoms with Crippen LogP contribution in [0, 0.1) is 6.92 Å². The van der Waals surface area contributed by atoms with Gasteiger partial charge in [0.2, 0.25) is 0 Å².